The Balaban J connectivity index is 1.59. The lowest BCUT2D eigenvalue weighted by atomic mass is 10.1. The summed E-state index contributed by atoms with van der Waals surface area (Å²) in [7, 11) is 0. The largest absolute Gasteiger partial charge is 0.465 e. The summed E-state index contributed by atoms with van der Waals surface area (Å²) in [4.78, 5) is 40.3. The number of likely N-dealkylation sites (tertiary alicyclic amines) is 1. The van der Waals surface area contributed by atoms with Crippen LogP contribution in [0.2, 0.25) is 0 Å². The number of esters is 1. The van der Waals surface area contributed by atoms with Crippen LogP contribution in [0.4, 0.5) is 0 Å². The highest BCUT2D eigenvalue weighted by atomic mass is 16.7. The van der Waals surface area contributed by atoms with Gasteiger partial charge in [0.25, 0.3) is 5.91 Å². The summed E-state index contributed by atoms with van der Waals surface area (Å²) in [5.41, 5.74) is 2.27. The number of amides is 2. The number of carbonyl (C=O) groups is 3. The SMILES string of the molecule is O=C1CC(C(=O)NOCCN2CCCC2=O)CO1. The van der Waals surface area contributed by atoms with Crippen molar-refractivity contribution in [1.29, 1.82) is 0 Å². The van der Waals surface area contributed by atoms with E-state index in [-0.39, 0.29) is 37.4 Å². The minimum Gasteiger partial charge on any atom is -0.465 e. The fourth-order valence-corrected chi connectivity index (χ4v) is 1.98. The van der Waals surface area contributed by atoms with Gasteiger partial charge in [0.2, 0.25) is 5.91 Å². The van der Waals surface area contributed by atoms with E-state index in [1.165, 1.54) is 0 Å². The molecule has 1 atom stereocenters. The third-order valence-electron chi connectivity index (χ3n) is 3.04. The molecule has 0 aromatic carbocycles. The molecule has 1 unspecified atom stereocenters. The Morgan fingerprint density at radius 1 is 1.50 bits per heavy atom. The standard InChI is InChI=1S/C11H16N2O5/c14-9-2-1-3-13(9)4-5-18-12-11(16)8-6-10(15)17-7-8/h8H,1-7H2,(H,12,16). The molecule has 0 aromatic rings. The lowest BCUT2D eigenvalue weighted by Crippen LogP contribution is -2.35. The number of nitrogens with zero attached hydrogens (tertiary/aromatic N) is 1. The van der Waals surface area contributed by atoms with Crippen molar-refractivity contribution in [1.82, 2.24) is 10.4 Å². The van der Waals surface area contributed by atoms with Crippen LogP contribution in [0, 0.1) is 5.92 Å². The van der Waals surface area contributed by atoms with Gasteiger partial charge in [-0.25, -0.2) is 5.48 Å². The van der Waals surface area contributed by atoms with Crippen molar-refractivity contribution in [2.24, 2.45) is 5.92 Å². The van der Waals surface area contributed by atoms with E-state index in [4.69, 9.17) is 4.84 Å². The molecule has 2 amide bonds. The van der Waals surface area contributed by atoms with Gasteiger partial charge in [0, 0.05) is 19.5 Å². The summed E-state index contributed by atoms with van der Waals surface area (Å²) in [6.07, 6.45) is 1.57. The maximum atomic E-state index is 11.5. The Bertz CT molecular complexity index is 357. The van der Waals surface area contributed by atoms with E-state index in [0.717, 1.165) is 13.0 Å². The molecule has 18 heavy (non-hydrogen) atoms. The van der Waals surface area contributed by atoms with Crippen LogP contribution in [-0.2, 0) is 24.0 Å². The summed E-state index contributed by atoms with van der Waals surface area (Å²) in [6.45, 7) is 1.58. The highest BCUT2D eigenvalue weighted by molar-refractivity contribution is 5.85. The molecule has 2 heterocycles. The maximum absolute atomic E-state index is 11.5. The monoisotopic (exact) mass is 256 g/mol. The lowest BCUT2D eigenvalue weighted by Gasteiger charge is -2.15. The zero-order valence-electron chi connectivity index (χ0n) is 10.0. The average molecular weight is 256 g/mol. The number of nitrogens with one attached hydrogen (secondary N) is 1. The predicted molar refractivity (Wildman–Crippen MR) is 59.0 cm³/mol. The number of rotatable bonds is 5. The van der Waals surface area contributed by atoms with Gasteiger partial charge in [-0.1, -0.05) is 0 Å². The average Bonchev–Trinajstić information content (AvgIpc) is 2.94. The van der Waals surface area contributed by atoms with Crippen LogP contribution in [0.5, 0.6) is 0 Å². The Morgan fingerprint density at radius 2 is 2.33 bits per heavy atom. The molecule has 0 spiro atoms. The van der Waals surface area contributed by atoms with E-state index in [0.29, 0.717) is 13.0 Å². The van der Waals surface area contributed by atoms with Crippen molar-refractivity contribution in [3.63, 3.8) is 0 Å². The van der Waals surface area contributed by atoms with Crippen molar-refractivity contribution >= 4 is 17.8 Å². The smallest absolute Gasteiger partial charge is 0.306 e. The first-order chi connectivity index (χ1) is 8.66. The molecule has 2 fully saturated rings. The van der Waals surface area contributed by atoms with Gasteiger partial charge < -0.3 is 9.64 Å². The van der Waals surface area contributed by atoms with Gasteiger partial charge in [0.15, 0.2) is 0 Å². The number of carbonyl (C=O) groups excluding carboxylic acids is 3. The van der Waals surface area contributed by atoms with Gasteiger partial charge in [-0.3, -0.25) is 19.2 Å². The maximum Gasteiger partial charge on any atom is 0.306 e. The van der Waals surface area contributed by atoms with Crippen molar-refractivity contribution in [3.8, 4) is 0 Å². The normalized spacial score (nSPS) is 23.3. The van der Waals surface area contributed by atoms with E-state index >= 15 is 0 Å². The number of hydrogen-bond donors (Lipinski definition) is 1. The summed E-state index contributed by atoms with van der Waals surface area (Å²) >= 11 is 0. The fourth-order valence-electron chi connectivity index (χ4n) is 1.98. The van der Waals surface area contributed by atoms with Gasteiger partial charge in [0.1, 0.15) is 6.61 Å². The van der Waals surface area contributed by atoms with Crippen molar-refractivity contribution < 1.29 is 24.0 Å². The molecule has 0 radical (unpaired) electrons. The van der Waals surface area contributed by atoms with Gasteiger partial charge >= 0.3 is 5.97 Å². The highest BCUT2D eigenvalue weighted by Crippen LogP contribution is 2.13. The molecule has 0 aromatic heterocycles. The summed E-state index contributed by atoms with van der Waals surface area (Å²) in [6, 6.07) is 0. The van der Waals surface area contributed by atoms with Crippen LogP contribution in [0.1, 0.15) is 19.3 Å². The van der Waals surface area contributed by atoms with Gasteiger partial charge in [-0.2, -0.15) is 0 Å². The Morgan fingerprint density at radius 3 is 2.94 bits per heavy atom. The second kappa shape index (κ2) is 5.81. The van der Waals surface area contributed by atoms with Crippen LogP contribution in [0.25, 0.3) is 0 Å². The lowest BCUT2D eigenvalue weighted by molar-refractivity contribution is -0.139. The van der Waals surface area contributed by atoms with Crippen LogP contribution in [-0.4, -0.2) is 49.0 Å². The molecule has 100 valence electrons. The first kappa shape index (κ1) is 12.8. The minimum atomic E-state index is -0.467. The van der Waals surface area contributed by atoms with Crippen molar-refractivity contribution in [2.75, 3.05) is 26.3 Å². The topological polar surface area (TPSA) is 84.9 Å². The summed E-state index contributed by atoms with van der Waals surface area (Å²) < 4.78 is 4.68. The molecular weight excluding hydrogens is 240 g/mol. The second-order valence-electron chi connectivity index (χ2n) is 4.38. The number of hydrogen-bond acceptors (Lipinski definition) is 5. The first-order valence-corrected chi connectivity index (χ1v) is 6.02. The number of hydroxylamine groups is 1. The molecule has 2 rings (SSSR count). The van der Waals surface area contributed by atoms with Gasteiger partial charge in [-0.05, 0) is 6.42 Å². The molecular formula is C11H16N2O5. The Hall–Kier alpha value is -1.63. The van der Waals surface area contributed by atoms with Crippen molar-refractivity contribution in [3.05, 3.63) is 0 Å². The number of cyclic esters (lactones) is 1. The van der Waals surface area contributed by atoms with Crippen LogP contribution in [0.15, 0.2) is 0 Å². The molecule has 0 bridgehead atoms. The zero-order chi connectivity index (χ0) is 13.0. The Labute approximate surface area is 104 Å². The van der Waals surface area contributed by atoms with Gasteiger partial charge in [-0.15, -0.1) is 0 Å². The second-order valence-corrected chi connectivity index (χ2v) is 4.38. The molecule has 7 nitrogen and oxygen atoms in total. The third kappa shape index (κ3) is 3.19. The predicted octanol–water partition coefficient (Wildman–Crippen LogP) is -0.780. The summed E-state index contributed by atoms with van der Waals surface area (Å²) in [5.74, 6) is -1.06. The highest BCUT2D eigenvalue weighted by Gasteiger charge is 2.30. The molecule has 7 heteroatoms. The Kier molecular flexibility index (Phi) is 4.14. The van der Waals surface area contributed by atoms with E-state index in [2.05, 4.69) is 10.2 Å². The van der Waals surface area contributed by atoms with E-state index < -0.39 is 5.92 Å². The quantitative estimate of drug-likeness (QED) is 0.396. The fraction of sp³-hybridized carbons (Fsp3) is 0.727. The van der Waals surface area contributed by atoms with E-state index in [1.807, 2.05) is 0 Å². The number of ether oxygens (including phenoxy) is 1. The zero-order valence-corrected chi connectivity index (χ0v) is 10.0. The minimum absolute atomic E-state index is 0.0970. The molecule has 1 N–H and O–H groups in total. The van der Waals surface area contributed by atoms with Crippen LogP contribution < -0.4 is 5.48 Å². The molecule has 2 saturated heterocycles. The third-order valence-corrected chi connectivity index (χ3v) is 3.04. The van der Waals surface area contributed by atoms with E-state index in [1.54, 1.807) is 4.90 Å². The van der Waals surface area contributed by atoms with Crippen LogP contribution in [0.3, 0.4) is 0 Å². The molecule has 2 aliphatic rings. The van der Waals surface area contributed by atoms with E-state index in [9.17, 15) is 14.4 Å². The van der Waals surface area contributed by atoms with Gasteiger partial charge in [0.05, 0.1) is 18.9 Å². The van der Waals surface area contributed by atoms with Crippen molar-refractivity contribution in [2.45, 2.75) is 19.3 Å². The molecule has 0 saturated carbocycles. The molecule has 0 aliphatic carbocycles. The first-order valence-electron chi connectivity index (χ1n) is 6.02. The summed E-state index contributed by atoms with van der Waals surface area (Å²) in [5, 5.41) is 0. The van der Waals surface area contributed by atoms with Crippen LogP contribution >= 0.6 is 0 Å². The molecule has 2 aliphatic heterocycles.